The highest BCUT2D eigenvalue weighted by Crippen LogP contribution is 2.20. The average molecular weight is 240 g/mol. The van der Waals surface area contributed by atoms with Crippen molar-refractivity contribution in [2.75, 3.05) is 45.9 Å². The number of nitrogens with one attached hydrogen (secondary N) is 1. The fraction of sp³-hybridized carbons (Fsp3) is 1.00. The number of ether oxygens (including phenoxy) is 1. The van der Waals surface area contributed by atoms with Gasteiger partial charge < -0.3 is 15.0 Å². The smallest absolute Gasteiger partial charge is 0.0495 e. The van der Waals surface area contributed by atoms with Gasteiger partial charge in [0.15, 0.2) is 0 Å². The number of rotatable bonds is 7. The zero-order chi connectivity index (χ0) is 11.9. The van der Waals surface area contributed by atoms with Gasteiger partial charge in [0.25, 0.3) is 0 Å². The van der Waals surface area contributed by atoms with Gasteiger partial charge in [-0.15, -0.1) is 0 Å². The van der Waals surface area contributed by atoms with E-state index >= 15 is 0 Å². The topological polar surface area (TPSA) is 24.5 Å². The molecule has 100 valence electrons. The lowest BCUT2D eigenvalue weighted by molar-refractivity contribution is 0.180. The molecule has 0 spiro atoms. The maximum Gasteiger partial charge on any atom is 0.0495 e. The van der Waals surface area contributed by atoms with Gasteiger partial charge in [-0.05, 0) is 63.7 Å². The molecule has 2 aliphatic rings. The summed E-state index contributed by atoms with van der Waals surface area (Å²) in [5, 5.41) is 3.55. The van der Waals surface area contributed by atoms with E-state index in [1.165, 1.54) is 58.4 Å². The molecule has 2 heterocycles. The Morgan fingerprint density at radius 2 is 2.24 bits per heavy atom. The first-order valence-electron chi connectivity index (χ1n) is 7.39. The van der Waals surface area contributed by atoms with E-state index in [1.54, 1.807) is 0 Å². The van der Waals surface area contributed by atoms with Gasteiger partial charge in [0, 0.05) is 19.8 Å². The molecule has 17 heavy (non-hydrogen) atoms. The van der Waals surface area contributed by atoms with Crippen LogP contribution in [-0.2, 0) is 4.74 Å². The van der Waals surface area contributed by atoms with E-state index in [4.69, 9.17) is 4.74 Å². The predicted octanol–water partition coefficient (Wildman–Crippen LogP) is 1.73. The molecule has 3 heteroatoms. The van der Waals surface area contributed by atoms with Crippen LogP contribution in [0.15, 0.2) is 0 Å². The lowest BCUT2D eigenvalue weighted by Gasteiger charge is -2.18. The number of hydrogen-bond acceptors (Lipinski definition) is 3. The van der Waals surface area contributed by atoms with Crippen LogP contribution in [0.3, 0.4) is 0 Å². The molecule has 2 saturated heterocycles. The van der Waals surface area contributed by atoms with Crippen LogP contribution in [0.5, 0.6) is 0 Å². The molecule has 2 rings (SSSR count). The van der Waals surface area contributed by atoms with Gasteiger partial charge in [-0.3, -0.25) is 0 Å². The second-order valence-electron chi connectivity index (χ2n) is 5.68. The van der Waals surface area contributed by atoms with Crippen molar-refractivity contribution in [2.24, 2.45) is 11.8 Å². The minimum absolute atomic E-state index is 0.840. The molecule has 0 bridgehead atoms. The summed E-state index contributed by atoms with van der Waals surface area (Å²) in [6, 6.07) is 0. The second kappa shape index (κ2) is 7.34. The minimum Gasteiger partial charge on any atom is -0.381 e. The largest absolute Gasteiger partial charge is 0.381 e. The van der Waals surface area contributed by atoms with Gasteiger partial charge in [-0.1, -0.05) is 6.92 Å². The first kappa shape index (κ1) is 13.3. The summed E-state index contributed by atoms with van der Waals surface area (Å²) < 4.78 is 5.43. The second-order valence-corrected chi connectivity index (χ2v) is 5.68. The molecule has 0 aromatic rings. The molecule has 1 N–H and O–H groups in total. The Morgan fingerprint density at radius 3 is 3.00 bits per heavy atom. The fourth-order valence-electron chi connectivity index (χ4n) is 2.94. The highest BCUT2D eigenvalue weighted by atomic mass is 16.5. The molecule has 0 aliphatic carbocycles. The van der Waals surface area contributed by atoms with Crippen molar-refractivity contribution in [2.45, 2.75) is 32.6 Å². The van der Waals surface area contributed by atoms with Crippen molar-refractivity contribution in [3.05, 3.63) is 0 Å². The Kier molecular flexibility index (Phi) is 5.75. The molecule has 0 aromatic carbocycles. The molecule has 0 radical (unpaired) electrons. The molecular weight excluding hydrogens is 212 g/mol. The molecule has 0 aromatic heterocycles. The SMILES string of the molecule is CCCNCC1CCN(CCC2CCOC2)C1. The summed E-state index contributed by atoms with van der Waals surface area (Å²) in [5.41, 5.74) is 0. The predicted molar refractivity (Wildman–Crippen MR) is 71.3 cm³/mol. The van der Waals surface area contributed by atoms with Crippen molar-refractivity contribution in [3.8, 4) is 0 Å². The van der Waals surface area contributed by atoms with E-state index in [1.807, 2.05) is 0 Å². The highest BCUT2D eigenvalue weighted by molar-refractivity contribution is 4.78. The summed E-state index contributed by atoms with van der Waals surface area (Å²) in [6.07, 6.45) is 5.26. The van der Waals surface area contributed by atoms with Crippen LogP contribution in [0.2, 0.25) is 0 Å². The standard InChI is InChI=1S/C14H28N2O/c1-2-6-15-10-14-4-8-16(11-14)7-3-13-5-9-17-12-13/h13-15H,2-12H2,1H3. The Hall–Kier alpha value is -0.120. The highest BCUT2D eigenvalue weighted by Gasteiger charge is 2.23. The molecule has 2 fully saturated rings. The van der Waals surface area contributed by atoms with Gasteiger partial charge in [-0.25, -0.2) is 0 Å². The minimum atomic E-state index is 0.840. The summed E-state index contributed by atoms with van der Waals surface area (Å²) in [5.74, 6) is 1.73. The van der Waals surface area contributed by atoms with Gasteiger partial charge >= 0.3 is 0 Å². The molecule has 0 amide bonds. The van der Waals surface area contributed by atoms with Crippen LogP contribution >= 0.6 is 0 Å². The summed E-state index contributed by atoms with van der Waals surface area (Å²) >= 11 is 0. The van der Waals surface area contributed by atoms with Crippen LogP contribution in [0.25, 0.3) is 0 Å². The average Bonchev–Trinajstić information content (AvgIpc) is 2.98. The van der Waals surface area contributed by atoms with Gasteiger partial charge in [0.2, 0.25) is 0 Å². The summed E-state index contributed by atoms with van der Waals surface area (Å²) in [6.45, 7) is 10.5. The number of hydrogen-bond donors (Lipinski definition) is 1. The van der Waals surface area contributed by atoms with Gasteiger partial charge in [-0.2, -0.15) is 0 Å². The van der Waals surface area contributed by atoms with E-state index in [0.717, 1.165) is 25.0 Å². The molecule has 2 unspecified atom stereocenters. The lowest BCUT2D eigenvalue weighted by Crippen LogP contribution is -2.28. The van der Waals surface area contributed by atoms with Crippen LogP contribution in [-0.4, -0.2) is 50.8 Å². The Morgan fingerprint density at radius 1 is 1.29 bits per heavy atom. The van der Waals surface area contributed by atoms with Crippen molar-refractivity contribution < 1.29 is 4.74 Å². The number of likely N-dealkylation sites (tertiary alicyclic amines) is 1. The maximum absolute atomic E-state index is 5.43. The third-order valence-electron chi connectivity index (χ3n) is 4.11. The van der Waals surface area contributed by atoms with Crippen LogP contribution in [0.4, 0.5) is 0 Å². The van der Waals surface area contributed by atoms with Gasteiger partial charge in [0.05, 0.1) is 0 Å². The van der Waals surface area contributed by atoms with E-state index < -0.39 is 0 Å². The van der Waals surface area contributed by atoms with Crippen LogP contribution in [0.1, 0.15) is 32.6 Å². The molecular formula is C14H28N2O. The molecule has 2 aliphatic heterocycles. The monoisotopic (exact) mass is 240 g/mol. The normalized spacial score (nSPS) is 30.2. The van der Waals surface area contributed by atoms with Crippen LogP contribution in [0, 0.1) is 11.8 Å². The maximum atomic E-state index is 5.43. The fourth-order valence-corrected chi connectivity index (χ4v) is 2.94. The summed E-state index contributed by atoms with van der Waals surface area (Å²) in [7, 11) is 0. The third-order valence-corrected chi connectivity index (χ3v) is 4.11. The van der Waals surface area contributed by atoms with Crippen molar-refractivity contribution >= 4 is 0 Å². The quantitative estimate of drug-likeness (QED) is 0.686. The van der Waals surface area contributed by atoms with E-state index in [9.17, 15) is 0 Å². The Balaban J connectivity index is 1.54. The Labute approximate surface area is 106 Å². The summed E-state index contributed by atoms with van der Waals surface area (Å²) in [4.78, 5) is 2.65. The zero-order valence-electron chi connectivity index (χ0n) is 11.3. The van der Waals surface area contributed by atoms with Crippen molar-refractivity contribution in [3.63, 3.8) is 0 Å². The first-order valence-corrected chi connectivity index (χ1v) is 7.39. The number of nitrogens with zero attached hydrogens (tertiary/aromatic N) is 1. The van der Waals surface area contributed by atoms with Gasteiger partial charge in [0.1, 0.15) is 0 Å². The molecule has 3 nitrogen and oxygen atoms in total. The zero-order valence-corrected chi connectivity index (χ0v) is 11.3. The van der Waals surface area contributed by atoms with E-state index in [2.05, 4.69) is 17.1 Å². The third kappa shape index (κ3) is 4.57. The Bertz CT molecular complexity index is 204. The van der Waals surface area contributed by atoms with Crippen molar-refractivity contribution in [1.82, 2.24) is 10.2 Å². The molecule has 0 saturated carbocycles. The first-order chi connectivity index (χ1) is 8.38. The van der Waals surface area contributed by atoms with E-state index in [0.29, 0.717) is 0 Å². The molecule has 2 atom stereocenters. The lowest BCUT2D eigenvalue weighted by atomic mass is 10.1. The van der Waals surface area contributed by atoms with E-state index in [-0.39, 0.29) is 0 Å². The van der Waals surface area contributed by atoms with Crippen molar-refractivity contribution in [1.29, 1.82) is 0 Å². The van der Waals surface area contributed by atoms with Crippen LogP contribution < -0.4 is 5.32 Å².